The SMILES string of the molecule is CC1(C)CCCNC1CNC(=O)c1cn[nH]n1. The molecule has 2 heterocycles. The summed E-state index contributed by atoms with van der Waals surface area (Å²) >= 11 is 0. The van der Waals surface area contributed by atoms with Gasteiger partial charge in [0.1, 0.15) is 0 Å². The van der Waals surface area contributed by atoms with Crippen molar-refractivity contribution in [3.63, 3.8) is 0 Å². The molecule has 6 heteroatoms. The molecule has 2 rings (SSSR count). The van der Waals surface area contributed by atoms with E-state index in [4.69, 9.17) is 0 Å². The Balaban J connectivity index is 1.87. The maximum atomic E-state index is 11.7. The summed E-state index contributed by atoms with van der Waals surface area (Å²) in [5, 5.41) is 16.1. The van der Waals surface area contributed by atoms with Crippen molar-refractivity contribution in [2.75, 3.05) is 13.1 Å². The van der Waals surface area contributed by atoms with Crippen LogP contribution < -0.4 is 10.6 Å². The van der Waals surface area contributed by atoms with Crippen LogP contribution in [0.15, 0.2) is 6.20 Å². The molecule has 1 aliphatic heterocycles. The van der Waals surface area contributed by atoms with Crippen LogP contribution in [0.3, 0.4) is 0 Å². The van der Waals surface area contributed by atoms with E-state index in [1.165, 1.54) is 19.0 Å². The molecule has 0 radical (unpaired) electrons. The van der Waals surface area contributed by atoms with E-state index < -0.39 is 0 Å². The third-order valence-corrected chi connectivity index (χ3v) is 3.45. The predicted octanol–water partition coefficient (Wildman–Crippen LogP) is 0.313. The van der Waals surface area contributed by atoms with E-state index in [1.54, 1.807) is 0 Å². The van der Waals surface area contributed by atoms with Crippen molar-refractivity contribution in [1.29, 1.82) is 0 Å². The highest BCUT2D eigenvalue weighted by Gasteiger charge is 2.32. The minimum atomic E-state index is -0.179. The standard InChI is InChI=1S/C11H19N5O/c1-11(2)4-3-5-12-9(11)7-13-10(17)8-6-14-16-15-8/h6,9,12H,3-5,7H2,1-2H3,(H,13,17)(H,14,15,16). The van der Waals surface area contributed by atoms with E-state index in [-0.39, 0.29) is 11.3 Å². The molecule has 0 bridgehead atoms. The maximum absolute atomic E-state index is 11.7. The fraction of sp³-hybridized carbons (Fsp3) is 0.727. The summed E-state index contributed by atoms with van der Waals surface area (Å²) in [6, 6.07) is 0.312. The van der Waals surface area contributed by atoms with Crippen molar-refractivity contribution >= 4 is 5.91 Å². The number of H-pyrrole nitrogens is 1. The van der Waals surface area contributed by atoms with Crippen molar-refractivity contribution in [3.05, 3.63) is 11.9 Å². The Labute approximate surface area is 101 Å². The molecule has 1 aromatic rings. The Morgan fingerprint density at radius 2 is 2.47 bits per heavy atom. The molecule has 1 fully saturated rings. The van der Waals surface area contributed by atoms with Crippen LogP contribution in [0.4, 0.5) is 0 Å². The molecule has 0 aliphatic carbocycles. The predicted molar refractivity (Wildman–Crippen MR) is 63.5 cm³/mol. The Morgan fingerprint density at radius 1 is 1.65 bits per heavy atom. The lowest BCUT2D eigenvalue weighted by Gasteiger charge is -2.39. The van der Waals surface area contributed by atoms with E-state index in [2.05, 4.69) is 39.9 Å². The van der Waals surface area contributed by atoms with E-state index in [0.717, 1.165) is 6.54 Å². The second-order valence-electron chi connectivity index (χ2n) is 5.16. The molecule has 0 spiro atoms. The summed E-state index contributed by atoms with van der Waals surface area (Å²) in [6.07, 6.45) is 3.81. The molecule has 1 aliphatic rings. The third kappa shape index (κ3) is 2.82. The topological polar surface area (TPSA) is 82.7 Å². The van der Waals surface area contributed by atoms with Crippen LogP contribution in [0.5, 0.6) is 0 Å². The van der Waals surface area contributed by atoms with Gasteiger partial charge >= 0.3 is 0 Å². The summed E-state index contributed by atoms with van der Waals surface area (Å²) in [5.74, 6) is -0.179. The van der Waals surface area contributed by atoms with Gasteiger partial charge in [0.15, 0.2) is 5.69 Å². The quantitative estimate of drug-likeness (QED) is 0.706. The highest BCUT2D eigenvalue weighted by Crippen LogP contribution is 2.29. The number of aromatic nitrogens is 3. The molecule has 0 aromatic carbocycles. The van der Waals surface area contributed by atoms with Gasteiger partial charge in [-0.1, -0.05) is 13.8 Å². The molecule has 1 saturated heterocycles. The number of amides is 1. The lowest BCUT2D eigenvalue weighted by Crippen LogP contribution is -2.52. The molecule has 1 atom stereocenters. The summed E-state index contributed by atoms with van der Waals surface area (Å²) < 4.78 is 0. The van der Waals surface area contributed by atoms with Gasteiger partial charge in [-0.05, 0) is 24.8 Å². The van der Waals surface area contributed by atoms with Crippen LogP contribution in [0.2, 0.25) is 0 Å². The van der Waals surface area contributed by atoms with Crippen molar-refractivity contribution in [3.8, 4) is 0 Å². The minimum Gasteiger partial charge on any atom is -0.349 e. The lowest BCUT2D eigenvalue weighted by atomic mass is 9.77. The van der Waals surface area contributed by atoms with Crippen molar-refractivity contribution in [1.82, 2.24) is 26.0 Å². The van der Waals surface area contributed by atoms with E-state index in [0.29, 0.717) is 18.3 Å². The van der Waals surface area contributed by atoms with Crippen LogP contribution in [0.25, 0.3) is 0 Å². The van der Waals surface area contributed by atoms with Gasteiger partial charge in [-0.2, -0.15) is 15.4 Å². The van der Waals surface area contributed by atoms with E-state index >= 15 is 0 Å². The monoisotopic (exact) mass is 237 g/mol. The summed E-state index contributed by atoms with van der Waals surface area (Å²) in [5.41, 5.74) is 0.550. The fourth-order valence-electron chi connectivity index (χ4n) is 2.22. The van der Waals surface area contributed by atoms with Crippen LogP contribution in [0, 0.1) is 5.41 Å². The van der Waals surface area contributed by atoms with Gasteiger partial charge in [0.2, 0.25) is 0 Å². The highest BCUT2D eigenvalue weighted by atomic mass is 16.2. The zero-order chi connectivity index (χ0) is 12.3. The fourth-order valence-corrected chi connectivity index (χ4v) is 2.22. The number of hydrogen-bond acceptors (Lipinski definition) is 4. The third-order valence-electron chi connectivity index (χ3n) is 3.45. The summed E-state index contributed by atoms with van der Waals surface area (Å²) in [7, 11) is 0. The zero-order valence-electron chi connectivity index (χ0n) is 10.3. The highest BCUT2D eigenvalue weighted by molar-refractivity contribution is 5.91. The zero-order valence-corrected chi connectivity index (χ0v) is 10.3. The first-order chi connectivity index (χ1) is 8.09. The molecule has 0 saturated carbocycles. The minimum absolute atomic E-state index is 0.179. The number of nitrogens with zero attached hydrogens (tertiary/aromatic N) is 2. The smallest absolute Gasteiger partial charge is 0.273 e. The maximum Gasteiger partial charge on any atom is 0.273 e. The van der Waals surface area contributed by atoms with Crippen LogP contribution in [0.1, 0.15) is 37.2 Å². The number of piperidine rings is 1. The van der Waals surface area contributed by atoms with Crippen molar-refractivity contribution in [2.45, 2.75) is 32.7 Å². The molecule has 94 valence electrons. The summed E-state index contributed by atoms with van der Waals surface area (Å²) in [4.78, 5) is 11.7. The molecule has 3 N–H and O–H groups in total. The molecular weight excluding hydrogens is 218 g/mol. The number of hydrogen-bond donors (Lipinski definition) is 3. The molecule has 1 aromatic heterocycles. The van der Waals surface area contributed by atoms with E-state index in [1.807, 2.05) is 0 Å². The Kier molecular flexibility index (Phi) is 3.42. The first-order valence-corrected chi connectivity index (χ1v) is 5.97. The Morgan fingerprint density at radius 3 is 3.12 bits per heavy atom. The van der Waals surface area contributed by atoms with Crippen molar-refractivity contribution < 1.29 is 4.79 Å². The van der Waals surface area contributed by atoms with Gasteiger partial charge in [-0.3, -0.25) is 4.79 Å². The van der Waals surface area contributed by atoms with Crippen LogP contribution in [-0.2, 0) is 0 Å². The van der Waals surface area contributed by atoms with Gasteiger partial charge in [0.25, 0.3) is 5.91 Å². The normalized spacial score (nSPS) is 23.3. The number of rotatable bonds is 3. The molecule has 17 heavy (non-hydrogen) atoms. The second kappa shape index (κ2) is 4.83. The molecule has 1 amide bonds. The molecule has 1 unspecified atom stereocenters. The van der Waals surface area contributed by atoms with Gasteiger partial charge in [0.05, 0.1) is 6.20 Å². The average molecular weight is 237 g/mol. The first kappa shape index (κ1) is 12.0. The second-order valence-corrected chi connectivity index (χ2v) is 5.16. The number of nitrogens with one attached hydrogen (secondary N) is 3. The van der Waals surface area contributed by atoms with E-state index in [9.17, 15) is 4.79 Å². The lowest BCUT2D eigenvalue weighted by molar-refractivity contribution is 0.0924. The Hall–Kier alpha value is -1.43. The molecule has 6 nitrogen and oxygen atoms in total. The van der Waals surface area contributed by atoms with Crippen LogP contribution in [-0.4, -0.2) is 40.4 Å². The number of aromatic amines is 1. The average Bonchev–Trinajstić information content (AvgIpc) is 2.80. The largest absolute Gasteiger partial charge is 0.349 e. The summed E-state index contributed by atoms with van der Waals surface area (Å²) in [6.45, 7) is 6.10. The number of carbonyl (C=O) groups excluding carboxylic acids is 1. The number of carbonyl (C=O) groups is 1. The van der Waals surface area contributed by atoms with Gasteiger partial charge in [-0.25, -0.2) is 0 Å². The molecular formula is C11H19N5O. The Bertz CT molecular complexity index is 373. The van der Waals surface area contributed by atoms with Gasteiger partial charge < -0.3 is 10.6 Å². The van der Waals surface area contributed by atoms with Crippen LogP contribution >= 0.6 is 0 Å². The first-order valence-electron chi connectivity index (χ1n) is 5.97. The van der Waals surface area contributed by atoms with Crippen molar-refractivity contribution in [2.24, 2.45) is 5.41 Å². The van der Waals surface area contributed by atoms with Gasteiger partial charge in [-0.15, -0.1) is 0 Å². The van der Waals surface area contributed by atoms with Gasteiger partial charge in [0, 0.05) is 12.6 Å².